The summed E-state index contributed by atoms with van der Waals surface area (Å²) in [5, 5.41) is 5.07. The van der Waals surface area contributed by atoms with Crippen molar-refractivity contribution in [2.24, 2.45) is 0 Å². The molecule has 6 nitrogen and oxygen atoms in total. The van der Waals surface area contributed by atoms with Crippen LogP contribution in [0.2, 0.25) is 5.02 Å². The van der Waals surface area contributed by atoms with Gasteiger partial charge >= 0.3 is 6.03 Å². The van der Waals surface area contributed by atoms with Crippen molar-refractivity contribution >= 4 is 23.3 Å². The van der Waals surface area contributed by atoms with E-state index in [1.54, 1.807) is 28.2 Å². The second kappa shape index (κ2) is 7.17. The number of hydrogen-bond acceptors (Lipinski definition) is 3. The lowest BCUT2D eigenvalue weighted by molar-refractivity contribution is 0.192. The summed E-state index contributed by atoms with van der Waals surface area (Å²) in [6.07, 6.45) is 7.95. The molecule has 0 bridgehead atoms. The van der Waals surface area contributed by atoms with Gasteiger partial charge in [0.05, 0.1) is 23.8 Å². The van der Waals surface area contributed by atoms with Crippen molar-refractivity contribution in [2.45, 2.75) is 13.0 Å². The molecule has 0 N–H and O–H groups in total. The van der Waals surface area contributed by atoms with Crippen LogP contribution in [0.1, 0.15) is 12.0 Å². The molecule has 2 aromatic heterocycles. The minimum atomic E-state index is 0.000443. The molecule has 3 aromatic rings. The normalized spacial score (nSPS) is 14.7. The number of nitrogens with zero attached hydrogens (tertiary/aromatic N) is 5. The predicted octanol–water partition coefficient (Wildman–Crippen LogP) is 3.75. The van der Waals surface area contributed by atoms with Gasteiger partial charge in [-0.05, 0) is 36.2 Å². The first-order valence-electron chi connectivity index (χ1n) is 8.47. The van der Waals surface area contributed by atoms with E-state index in [4.69, 9.17) is 11.6 Å². The number of carbonyl (C=O) groups is 1. The molecule has 0 unspecified atom stereocenters. The highest BCUT2D eigenvalue weighted by atomic mass is 35.5. The highest BCUT2D eigenvalue weighted by Gasteiger charge is 2.27. The van der Waals surface area contributed by atoms with Gasteiger partial charge in [-0.1, -0.05) is 23.7 Å². The van der Waals surface area contributed by atoms with Gasteiger partial charge in [-0.2, -0.15) is 5.10 Å². The van der Waals surface area contributed by atoms with Crippen molar-refractivity contribution in [3.8, 4) is 5.69 Å². The molecule has 2 amide bonds. The summed E-state index contributed by atoms with van der Waals surface area (Å²) in [6, 6.07) is 11.4. The Morgan fingerprint density at radius 2 is 1.77 bits per heavy atom. The molecule has 132 valence electrons. The fraction of sp³-hybridized carbons (Fsp3) is 0.211. The van der Waals surface area contributed by atoms with Gasteiger partial charge in [-0.15, -0.1) is 0 Å². The van der Waals surface area contributed by atoms with Crippen LogP contribution in [0.15, 0.2) is 61.2 Å². The molecule has 1 aliphatic heterocycles. The Kier molecular flexibility index (Phi) is 4.58. The molecule has 3 heterocycles. The van der Waals surface area contributed by atoms with E-state index in [2.05, 4.69) is 10.1 Å². The predicted molar refractivity (Wildman–Crippen MR) is 101 cm³/mol. The number of anilines is 1. The zero-order chi connectivity index (χ0) is 17.9. The molecule has 1 aliphatic rings. The van der Waals surface area contributed by atoms with Crippen molar-refractivity contribution in [3.63, 3.8) is 0 Å². The monoisotopic (exact) mass is 367 g/mol. The third-order valence-corrected chi connectivity index (χ3v) is 4.66. The van der Waals surface area contributed by atoms with Crippen LogP contribution < -0.4 is 4.90 Å². The number of halogens is 1. The standard InChI is InChI=1S/C19H18ClN5O/c20-16-4-2-15(3-5-16)13-23-10-1-11-24(19(23)26)18-12-22-25(14-18)17-6-8-21-9-7-17/h2-9,12,14H,1,10-11,13H2. The first-order valence-corrected chi connectivity index (χ1v) is 8.84. The summed E-state index contributed by atoms with van der Waals surface area (Å²) < 4.78 is 1.75. The van der Waals surface area contributed by atoms with E-state index >= 15 is 0 Å². The third-order valence-electron chi connectivity index (χ3n) is 4.41. The van der Waals surface area contributed by atoms with Gasteiger partial charge in [0.1, 0.15) is 0 Å². The Morgan fingerprint density at radius 1 is 1.00 bits per heavy atom. The number of carbonyl (C=O) groups excluding carboxylic acids is 1. The molecule has 0 radical (unpaired) electrons. The number of aromatic nitrogens is 3. The number of hydrogen-bond donors (Lipinski definition) is 0. The van der Waals surface area contributed by atoms with E-state index in [0.717, 1.165) is 29.9 Å². The zero-order valence-corrected chi connectivity index (χ0v) is 14.9. The maximum atomic E-state index is 12.9. The number of benzene rings is 1. The maximum absolute atomic E-state index is 12.9. The van der Waals surface area contributed by atoms with E-state index in [1.807, 2.05) is 47.5 Å². The van der Waals surface area contributed by atoms with Crippen LogP contribution in [0.5, 0.6) is 0 Å². The van der Waals surface area contributed by atoms with Crippen molar-refractivity contribution in [3.05, 3.63) is 71.8 Å². The van der Waals surface area contributed by atoms with Crippen LogP contribution in [-0.4, -0.2) is 38.8 Å². The highest BCUT2D eigenvalue weighted by molar-refractivity contribution is 6.30. The van der Waals surface area contributed by atoms with Crippen molar-refractivity contribution in [1.29, 1.82) is 0 Å². The van der Waals surface area contributed by atoms with Crippen LogP contribution in [0.3, 0.4) is 0 Å². The molecule has 1 saturated heterocycles. The summed E-state index contributed by atoms with van der Waals surface area (Å²) in [7, 11) is 0. The van der Waals surface area contributed by atoms with Gasteiger partial charge < -0.3 is 4.90 Å². The number of amides is 2. The molecule has 0 aliphatic carbocycles. The fourth-order valence-electron chi connectivity index (χ4n) is 3.07. The van der Waals surface area contributed by atoms with E-state index < -0.39 is 0 Å². The fourth-order valence-corrected chi connectivity index (χ4v) is 3.19. The van der Waals surface area contributed by atoms with Crippen LogP contribution in [0.4, 0.5) is 10.5 Å². The average Bonchev–Trinajstić information content (AvgIpc) is 3.16. The molecule has 1 fully saturated rings. The molecule has 26 heavy (non-hydrogen) atoms. The molecule has 0 atom stereocenters. The van der Waals surface area contributed by atoms with Crippen LogP contribution in [0.25, 0.3) is 5.69 Å². The molecule has 7 heteroatoms. The number of pyridine rings is 1. The Morgan fingerprint density at radius 3 is 2.54 bits per heavy atom. The Balaban J connectivity index is 1.51. The summed E-state index contributed by atoms with van der Waals surface area (Å²) in [5.41, 5.74) is 2.78. The topological polar surface area (TPSA) is 54.3 Å². The van der Waals surface area contributed by atoms with E-state index in [0.29, 0.717) is 18.1 Å². The second-order valence-corrected chi connectivity index (χ2v) is 6.62. The Hall–Kier alpha value is -2.86. The van der Waals surface area contributed by atoms with E-state index in [9.17, 15) is 4.79 Å². The molecule has 0 spiro atoms. The van der Waals surface area contributed by atoms with Gasteiger partial charge in [0, 0.05) is 37.1 Å². The minimum absolute atomic E-state index is 0.000443. The molecule has 4 rings (SSSR count). The SMILES string of the molecule is O=C1N(Cc2ccc(Cl)cc2)CCCN1c1cnn(-c2ccncc2)c1. The quantitative estimate of drug-likeness (QED) is 0.705. The van der Waals surface area contributed by atoms with E-state index in [1.165, 1.54) is 0 Å². The molecular weight excluding hydrogens is 350 g/mol. The highest BCUT2D eigenvalue weighted by Crippen LogP contribution is 2.22. The lowest BCUT2D eigenvalue weighted by atomic mass is 10.2. The smallest absolute Gasteiger partial charge is 0.320 e. The van der Waals surface area contributed by atoms with Gasteiger partial charge in [-0.3, -0.25) is 9.88 Å². The first kappa shape index (κ1) is 16.6. The molecular formula is C19H18ClN5O. The van der Waals surface area contributed by atoms with Gasteiger partial charge in [0.15, 0.2) is 0 Å². The third kappa shape index (κ3) is 3.41. The Labute approximate surface area is 156 Å². The molecule has 1 aromatic carbocycles. The van der Waals surface area contributed by atoms with Crippen molar-refractivity contribution in [1.82, 2.24) is 19.7 Å². The van der Waals surface area contributed by atoms with Crippen LogP contribution >= 0.6 is 11.6 Å². The number of urea groups is 1. The second-order valence-electron chi connectivity index (χ2n) is 6.18. The van der Waals surface area contributed by atoms with Crippen LogP contribution in [-0.2, 0) is 6.54 Å². The lowest BCUT2D eigenvalue weighted by Gasteiger charge is -2.35. The summed E-state index contributed by atoms with van der Waals surface area (Å²) in [6.45, 7) is 2.01. The van der Waals surface area contributed by atoms with Crippen LogP contribution in [0, 0.1) is 0 Å². The summed E-state index contributed by atoms with van der Waals surface area (Å²) in [4.78, 5) is 20.6. The van der Waals surface area contributed by atoms with Gasteiger partial charge in [0.2, 0.25) is 0 Å². The van der Waals surface area contributed by atoms with Crippen molar-refractivity contribution in [2.75, 3.05) is 18.0 Å². The lowest BCUT2D eigenvalue weighted by Crippen LogP contribution is -2.48. The zero-order valence-electron chi connectivity index (χ0n) is 14.1. The summed E-state index contributed by atoms with van der Waals surface area (Å²) in [5.74, 6) is 0. The van der Waals surface area contributed by atoms with Gasteiger partial charge in [-0.25, -0.2) is 9.48 Å². The number of rotatable bonds is 4. The largest absolute Gasteiger partial charge is 0.324 e. The minimum Gasteiger partial charge on any atom is -0.320 e. The van der Waals surface area contributed by atoms with Gasteiger partial charge in [0.25, 0.3) is 0 Å². The first-order chi connectivity index (χ1) is 12.7. The average molecular weight is 368 g/mol. The molecule has 0 saturated carbocycles. The Bertz CT molecular complexity index is 894. The summed E-state index contributed by atoms with van der Waals surface area (Å²) >= 11 is 5.94. The van der Waals surface area contributed by atoms with E-state index in [-0.39, 0.29) is 6.03 Å². The van der Waals surface area contributed by atoms with Crippen molar-refractivity contribution < 1.29 is 4.79 Å². The maximum Gasteiger partial charge on any atom is 0.324 e.